The lowest BCUT2D eigenvalue weighted by Gasteiger charge is -2.31. The van der Waals surface area contributed by atoms with Crippen LogP contribution in [0.15, 0.2) is 24.3 Å². The Hall–Kier alpha value is -0.930. The summed E-state index contributed by atoms with van der Waals surface area (Å²) in [5.41, 5.74) is 0.180. The first-order chi connectivity index (χ1) is 10.9. The lowest BCUT2D eigenvalue weighted by molar-refractivity contribution is -0.160. The third-order valence-electron chi connectivity index (χ3n) is 4.29. The third-order valence-corrected chi connectivity index (χ3v) is 5.12. The largest absolute Gasteiger partial charge is 0.476 e. The first-order valence-corrected chi connectivity index (χ1v) is 8.89. The number of methoxy groups -OCH3 is 1. The molecular weight excluding hydrogens is 335 g/mol. The van der Waals surface area contributed by atoms with Gasteiger partial charge in [0.15, 0.2) is 0 Å². The molecule has 0 radical (unpaired) electrons. The number of carbonyl (C=O) groups is 1. The van der Waals surface area contributed by atoms with Gasteiger partial charge in [0.25, 0.3) is 0 Å². The zero-order valence-corrected chi connectivity index (χ0v) is 15.4. The third kappa shape index (κ3) is 4.13. The van der Waals surface area contributed by atoms with Crippen LogP contribution in [-0.4, -0.2) is 23.0 Å². The smallest absolute Gasteiger partial charge is 0.350 e. The van der Waals surface area contributed by atoms with Crippen molar-refractivity contribution in [2.75, 3.05) is 7.11 Å². The van der Waals surface area contributed by atoms with Gasteiger partial charge < -0.3 is 9.47 Å². The van der Waals surface area contributed by atoms with Crippen LogP contribution in [-0.2, 0) is 9.53 Å². The van der Waals surface area contributed by atoms with Gasteiger partial charge in [-0.3, -0.25) is 0 Å². The zero-order valence-electron chi connectivity index (χ0n) is 13.9. The van der Waals surface area contributed by atoms with E-state index in [1.165, 1.54) is 7.11 Å². The second-order valence-electron chi connectivity index (χ2n) is 6.17. The van der Waals surface area contributed by atoms with E-state index < -0.39 is 9.93 Å². The van der Waals surface area contributed by atoms with E-state index in [1.54, 1.807) is 0 Å². The van der Waals surface area contributed by atoms with E-state index >= 15 is 0 Å². The van der Waals surface area contributed by atoms with Crippen LogP contribution in [0.1, 0.15) is 57.4 Å². The van der Waals surface area contributed by atoms with E-state index in [0.717, 1.165) is 24.8 Å². The fourth-order valence-electron chi connectivity index (χ4n) is 3.04. The van der Waals surface area contributed by atoms with E-state index in [4.69, 9.17) is 32.7 Å². The second-order valence-corrected chi connectivity index (χ2v) is 7.72. The Labute approximate surface area is 148 Å². The van der Waals surface area contributed by atoms with Crippen molar-refractivity contribution in [3.8, 4) is 5.75 Å². The van der Waals surface area contributed by atoms with E-state index in [-0.39, 0.29) is 11.9 Å². The van der Waals surface area contributed by atoms with Crippen molar-refractivity contribution in [2.45, 2.75) is 61.8 Å². The number of ether oxygens (including phenoxy) is 2. The molecule has 0 aliphatic heterocycles. The molecule has 0 saturated heterocycles. The number of hydrogen-bond donors (Lipinski definition) is 0. The molecule has 0 bridgehead atoms. The van der Waals surface area contributed by atoms with Crippen LogP contribution in [0.25, 0.3) is 0 Å². The van der Waals surface area contributed by atoms with Gasteiger partial charge >= 0.3 is 5.97 Å². The Morgan fingerprint density at radius 3 is 2.13 bits per heavy atom. The molecule has 0 heterocycles. The molecule has 1 unspecified atom stereocenters. The Morgan fingerprint density at radius 1 is 1.22 bits per heavy atom. The summed E-state index contributed by atoms with van der Waals surface area (Å²) < 4.78 is 10.5. The molecule has 0 amide bonds. The molecule has 0 spiro atoms. The van der Waals surface area contributed by atoms with Crippen LogP contribution in [0.3, 0.4) is 0 Å². The average Bonchev–Trinajstić information content (AvgIpc) is 3.16. The van der Waals surface area contributed by atoms with E-state index in [9.17, 15) is 4.79 Å². The zero-order chi connectivity index (χ0) is 17.1. The summed E-state index contributed by atoms with van der Waals surface area (Å²) >= 11 is 12.2. The minimum Gasteiger partial charge on any atom is -0.476 e. The highest BCUT2D eigenvalue weighted by atomic mass is 35.5. The highest BCUT2D eigenvalue weighted by Gasteiger charge is 2.52. The maximum absolute atomic E-state index is 12.3. The van der Waals surface area contributed by atoms with Crippen LogP contribution < -0.4 is 4.74 Å². The predicted molar refractivity (Wildman–Crippen MR) is 93.4 cm³/mol. The highest BCUT2D eigenvalue weighted by Crippen LogP contribution is 2.59. The standard InChI is InChI=1S/C18H24Cl2O3/c1-4-10-17(11-5-2,16(21)22-3)23-14-8-6-13(7-9-14)15-12-18(15,19)20/h6-9,15H,4-5,10-12H2,1-3H3. The van der Waals surface area contributed by atoms with Crippen LogP contribution in [0.4, 0.5) is 0 Å². The number of hydrogen-bond acceptors (Lipinski definition) is 3. The SMILES string of the molecule is CCCC(CCC)(Oc1ccc(C2CC2(Cl)Cl)cc1)C(=O)OC. The van der Waals surface area contributed by atoms with Crippen LogP contribution >= 0.6 is 23.2 Å². The summed E-state index contributed by atoms with van der Waals surface area (Å²) in [6.07, 6.45) is 3.72. The monoisotopic (exact) mass is 358 g/mol. The molecule has 1 aliphatic carbocycles. The Bertz CT molecular complexity index is 534. The molecule has 23 heavy (non-hydrogen) atoms. The molecule has 2 rings (SSSR count). The van der Waals surface area contributed by atoms with Gasteiger partial charge in [0, 0.05) is 5.92 Å². The molecule has 0 N–H and O–H groups in total. The summed E-state index contributed by atoms with van der Waals surface area (Å²) in [6.45, 7) is 4.07. The van der Waals surface area contributed by atoms with E-state index in [2.05, 4.69) is 0 Å². The Morgan fingerprint density at radius 2 is 1.74 bits per heavy atom. The summed E-state index contributed by atoms with van der Waals surface area (Å²) in [6, 6.07) is 7.68. The summed E-state index contributed by atoms with van der Waals surface area (Å²) in [4.78, 5) is 12.3. The summed E-state index contributed by atoms with van der Waals surface area (Å²) in [5.74, 6) is 0.529. The number of rotatable bonds is 8. The number of esters is 1. The Balaban J connectivity index is 2.17. The van der Waals surface area contributed by atoms with Crippen molar-refractivity contribution >= 4 is 29.2 Å². The lowest BCUT2D eigenvalue weighted by atomic mass is 9.92. The minimum absolute atomic E-state index is 0.177. The summed E-state index contributed by atoms with van der Waals surface area (Å²) in [5, 5.41) is 0. The van der Waals surface area contributed by atoms with Crippen LogP contribution in [0, 0.1) is 0 Å². The first kappa shape index (κ1) is 18.4. The molecule has 1 aromatic rings. The van der Waals surface area contributed by atoms with Crippen LogP contribution in [0.5, 0.6) is 5.75 Å². The molecular formula is C18H24Cl2O3. The van der Waals surface area contributed by atoms with Gasteiger partial charge in [-0.1, -0.05) is 38.8 Å². The fourth-order valence-corrected chi connectivity index (χ4v) is 3.60. The predicted octanol–water partition coefficient (Wildman–Crippen LogP) is 5.24. The van der Waals surface area contributed by atoms with Crippen molar-refractivity contribution in [1.29, 1.82) is 0 Å². The molecule has 128 valence electrons. The number of halogens is 2. The van der Waals surface area contributed by atoms with Gasteiger partial charge in [0.2, 0.25) is 5.60 Å². The first-order valence-electron chi connectivity index (χ1n) is 8.13. The van der Waals surface area contributed by atoms with Crippen molar-refractivity contribution in [1.82, 2.24) is 0 Å². The quantitative estimate of drug-likeness (QED) is 0.470. The van der Waals surface area contributed by atoms with E-state index in [1.807, 2.05) is 38.1 Å². The van der Waals surface area contributed by atoms with Crippen molar-refractivity contribution in [2.24, 2.45) is 0 Å². The molecule has 1 saturated carbocycles. The van der Waals surface area contributed by atoms with Gasteiger partial charge in [-0.05, 0) is 37.0 Å². The van der Waals surface area contributed by atoms with Gasteiger partial charge in [0.05, 0.1) is 7.11 Å². The normalized spacial score (nSPS) is 19.3. The minimum atomic E-state index is -0.915. The van der Waals surface area contributed by atoms with Crippen LogP contribution in [0.2, 0.25) is 0 Å². The maximum Gasteiger partial charge on any atom is 0.350 e. The van der Waals surface area contributed by atoms with Gasteiger partial charge in [-0.15, -0.1) is 23.2 Å². The molecule has 1 atom stereocenters. The van der Waals surface area contributed by atoms with Gasteiger partial charge in [-0.2, -0.15) is 0 Å². The van der Waals surface area contributed by atoms with Crippen molar-refractivity contribution in [3.63, 3.8) is 0 Å². The molecule has 0 aromatic heterocycles. The second kappa shape index (κ2) is 7.31. The van der Waals surface area contributed by atoms with E-state index in [0.29, 0.717) is 18.6 Å². The fraction of sp³-hybridized carbons (Fsp3) is 0.611. The average molecular weight is 359 g/mol. The highest BCUT2D eigenvalue weighted by molar-refractivity contribution is 6.51. The lowest BCUT2D eigenvalue weighted by Crippen LogP contribution is -2.45. The molecule has 1 aromatic carbocycles. The number of benzene rings is 1. The van der Waals surface area contributed by atoms with Crippen molar-refractivity contribution < 1.29 is 14.3 Å². The summed E-state index contributed by atoms with van der Waals surface area (Å²) in [7, 11) is 1.41. The Kier molecular flexibility index (Phi) is 5.85. The topological polar surface area (TPSA) is 35.5 Å². The number of carbonyl (C=O) groups excluding carboxylic acids is 1. The molecule has 1 fully saturated rings. The molecule has 1 aliphatic rings. The molecule has 3 nitrogen and oxygen atoms in total. The number of alkyl halides is 2. The van der Waals surface area contributed by atoms with Gasteiger partial charge in [0.1, 0.15) is 10.1 Å². The molecule has 5 heteroatoms. The van der Waals surface area contributed by atoms with Gasteiger partial charge in [-0.25, -0.2) is 4.79 Å². The van der Waals surface area contributed by atoms with Crippen molar-refractivity contribution in [3.05, 3.63) is 29.8 Å². The maximum atomic E-state index is 12.3.